The Labute approximate surface area is 87.6 Å². The van der Waals surface area contributed by atoms with Gasteiger partial charge in [0, 0.05) is 5.02 Å². The van der Waals surface area contributed by atoms with Crippen LogP contribution in [0.1, 0.15) is 0 Å². The number of halogens is 1. The summed E-state index contributed by atoms with van der Waals surface area (Å²) in [5, 5.41) is 0.623. The van der Waals surface area contributed by atoms with E-state index in [0.717, 1.165) is 0 Å². The fourth-order valence-electron chi connectivity index (χ4n) is 0.829. The molecule has 1 radical (unpaired) electrons. The van der Waals surface area contributed by atoms with Gasteiger partial charge >= 0.3 is 5.97 Å². The Balaban J connectivity index is 2.38. The van der Waals surface area contributed by atoms with E-state index in [1.165, 1.54) is 0 Å². The first kappa shape index (κ1) is 10.9. The summed E-state index contributed by atoms with van der Waals surface area (Å²) in [7, 11) is 0. The predicted molar refractivity (Wildman–Crippen MR) is 53.3 cm³/mol. The minimum absolute atomic E-state index is 0.114. The number of hydrogen-bond donors (Lipinski definition) is 0. The molecule has 0 aromatic heterocycles. The zero-order chi connectivity index (χ0) is 10.4. The van der Waals surface area contributed by atoms with Gasteiger partial charge in [-0.1, -0.05) is 11.6 Å². The van der Waals surface area contributed by atoms with Gasteiger partial charge in [-0.25, -0.2) is 4.79 Å². The number of esters is 1. The highest BCUT2D eigenvalue weighted by Crippen LogP contribution is 2.15. The summed E-state index contributed by atoms with van der Waals surface area (Å²) in [6, 6.07) is 6.73. The molecule has 0 spiro atoms. The van der Waals surface area contributed by atoms with E-state index in [0.29, 0.717) is 10.8 Å². The van der Waals surface area contributed by atoms with Gasteiger partial charge in [-0.2, -0.15) is 0 Å². The average molecular weight is 214 g/mol. The minimum atomic E-state index is -0.435. The highest BCUT2D eigenvalue weighted by molar-refractivity contribution is 6.30. The van der Waals surface area contributed by atoms with Crippen LogP contribution >= 0.6 is 11.6 Å². The summed E-state index contributed by atoms with van der Waals surface area (Å²) in [6.07, 6.45) is 0. The highest BCUT2D eigenvalue weighted by atomic mass is 35.5. The Morgan fingerprint density at radius 3 is 2.57 bits per heavy atom. The number of benzene rings is 1. The summed E-state index contributed by atoms with van der Waals surface area (Å²) in [4.78, 5) is 10.9. The van der Waals surface area contributed by atoms with Gasteiger partial charge in [0.1, 0.15) is 5.75 Å². The van der Waals surface area contributed by atoms with Gasteiger partial charge in [-0.15, -0.1) is 0 Å². The Kier molecular flexibility index (Phi) is 4.26. The Hall–Kier alpha value is -1.22. The summed E-state index contributed by atoms with van der Waals surface area (Å²) in [6.45, 7) is 3.38. The zero-order valence-electron chi connectivity index (χ0n) is 7.53. The standard InChI is InChI=1S/C10H10ClO3/c1-2-13-10(12)7-14-9-5-3-8(11)4-6-9/h3-6H,1-2,7H2. The van der Waals surface area contributed by atoms with Gasteiger partial charge in [0.2, 0.25) is 0 Å². The van der Waals surface area contributed by atoms with Crippen molar-refractivity contribution in [2.24, 2.45) is 0 Å². The van der Waals surface area contributed by atoms with Crippen molar-refractivity contribution in [3.05, 3.63) is 36.2 Å². The van der Waals surface area contributed by atoms with Crippen LogP contribution < -0.4 is 4.74 Å². The maximum atomic E-state index is 10.9. The lowest BCUT2D eigenvalue weighted by Crippen LogP contribution is -2.14. The van der Waals surface area contributed by atoms with Crippen molar-refractivity contribution in [3.63, 3.8) is 0 Å². The molecule has 0 unspecified atom stereocenters. The first-order chi connectivity index (χ1) is 6.72. The van der Waals surface area contributed by atoms with Crippen LogP contribution in [0.5, 0.6) is 5.75 Å². The van der Waals surface area contributed by atoms with Crippen molar-refractivity contribution >= 4 is 17.6 Å². The highest BCUT2D eigenvalue weighted by Gasteiger charge is 2.02. The molecule has 3 nitrogen and oxygen atoms in total. The Bertz CT molecular complexity index is 295. The second kappa shape index (κ2) is 5.50. The largest absolute Gasteiger partial charge is 0.482 e. The van der Waals surface area contributed by atoms with E-state index >= 15 is 0 Å². The topological polar surface area (TPSA) is 35.5 Å². The van der Waals surface area contributed by atoms with Gasteiger partial charge in [-0.3, -0.25) is 0 Å². The summed E-state index contributed by atoms with van der Waals surface area (Å²) >= 11 is 5.67. The predicted octanol–water partition coefficient (Wildman–Crippen LogP) is 2.10. The molecule has 0 atom stereocenters. The van der Waals surface area contributed by atoms with E-state index in [1.807, 2.05) is 0 Å². The molecule has 1 rings (SSSR count). The van der Waals surface area contributed by atoms with Crippen molar-refractivity contribution in [2.75, 3.05) is 13.2 Å². The van der Waals surface area contributed by atoms with Crippen molar-refractivity contribution in [1.82, 2.24) is 0 Å². The molecule has 1 aromatic rings. The molecule has 0 fully saturated rings. The lowest BCUT2D eigenvalue weighted by molar-refractivity contribution is -0.144. The lowest BCUT2D eigenvalue weighted by Gasteiger charge is -2.04. The van der Waals surface area contributed by atoms with E-state index < -0.39 is 5.97 Å². The van der Waals surface area contributed by atoms with Gasteiger partial charge in [-0.05, 0) is 31.2 Å². The van der Waals surface area contributed by atoms with Crippen LogP contribution in [0.4, 0.5) is 0 Å². The summed E-state index contributed by atoms with van der Waals surface area (Å²) < 4.78 is 9.70. The molecule has 0 saturated carbocycles. The molecule has 75 valence electrons. The number of ether oxygens (including phenoxy) is 2. The van der Waals surface area contributed by atoms with Crippen LogP contribution in [0.25, 0.3) is 0 Å². The van der Waals surface area contributed by atoms with Crippen LogP contribution in [-0.4, -0.2) is 19.2 Å². The third-order valence-corrected chi connectivity index (χ3v) is 1.69. The molecule has 0 aliphatic rings. The van der Waals surface area contributed by atoms with Gasteiger partial charge in [0.25, 0.3) is 0 Å². The molecule has 0 N–H and O–H groups in total. The smallest absolute Gasteiger partial charge is 0.344 e. The van der Waals surface area contributed by atoms with E-state index in [9.17, 15) is 4.79 Å². The molecule has 0 bridgehead atoms. The van der Waals surface area contributed by atoms with Crippen molar-refractivity contribution in [1.29, 1.82) is 0 Å². The molecule has 0 saturated heterocycles. The molecular weight excluding hydrogens is 204 g/mol. The maximum Gasteiger partial charge on any atom is 0.344 e. The second-order valence-corrected chi connectivity index (χ2v) is 2.90. The monoisotopic (exact) mass is 213 g/mol. The first-order valence-electron chi connectivity index (χ1n) is 4.05. The molecule has 4 heteroatoms. The van der Waals surface area contributed by atoms with E-state index in [-0.39, 0.29) is 13.2 Å². The third-order valence-electron chi connectivity index (χ3n) is 1.43. The second-order valence-electron chi connectivity index (χ2n) is 2.46. The van der Waals surface area contributed by atoms with Crippen LogP contribution in [0, 0.1) is 6.92 Å². The third kappa shape index (κ3) is 3.66. The zero-order valence-corrected chi connectivity index (χ0v) is 8.29. The van der Waals surface area contributed by atoms with Crippen LogP contribution in [0.3, 0.4) is 0 Å². The fraction of sp³-hybridized carbons (Fsp3) is 0.200. The SMILES string of the molecule is [CH2]COC(=O)COc1ccc(Cl)cc1. The van der Waals surface area contributed by atoms with Crippen molar-refractivity contribution in [3.8, 4) is 5.75 Å². The van der Waals surface area contributed by atoms with E-state index in [1.54, 1.807) is 24.3 Å². The first-order valence-corrected chi connectivity index (χ1v) is 4.43. The number of rotatable bonds is 4. The molecule has 0 aliphatic carbocycles. The molecule has 0 amide bonds. The molecular formula is C10H10ClO3. The van der Waals surface area contributed by atoms with E-state index in [2.05, 4.69) is 11.7 Å². The van der Waals surface area contributed by atoms with E-state index in [4.69, 9.17) is 16.3 Å². The average Bonchev–Trinajstić information content (AvgIpc) is 2.17. The molecule has 0 aliphatic heterocycles. The van der Waals surface area contributed by atoms with Gasteiger partial charge < -0.3 is 9.47 Å². The van der Waals surface area contributed by atoms with Crippen LogP contribution in [-0.2, 0) is 9.53 Å². The Morgan fingerprint density at radius 1 is 1.36 bits per heavy atom. The molecule has 0 heterocycles. The normalized spacial score (nSPS) is 9.57. The lowest BCUT2D eigenvalue weighted by atomic mass is 10.3. The maximum absolute atomic E-state index is 10.9. The van der Waals surface area contributed by atoms with Crippen molar-refractivity contribution in [2.45, 2.75) is 0 Å². The fourth-order valence-corrected chi connectivity index (χ4v) is 0.955. The van der Waals surface area contributed by atoms with Crippen molar-refractivity contribution < 1.29 is 14.3 Å². The van der Waals surface area contributed by atoms with Gasteiger partial charge in [0.15, 0.2) is 6.61 Å². The number of carbonyl (C=O) groups excluding carboxylic acids is 1. The Morgan fingerprint density at radius 2 is 2.00 bits per heavy atom. The van der Waals surface area contributed by atoms with Gasteiger partial charge in [0.05, 0.1) is 6.61 Å². The van der Waals surface area contributed by atoms with Crippen LogP contribution in [0.2, 0.25) is 5.02 Å². The number of carbonyl (C=O) groups is 1. The quantitative estimate of drug-likeness (QED) is 0.719. The minimum Gasteiger partial charge on any atom is -0.482 e. The molecule has 14 heavy (non-hydrogen) atoms. The summed E-state index contributed by atoms with van der Waals surface area (Å²) in [5.74, 6) is 0.144. The van der Waals surface area contributed by atoms with Crippen LogP contribution in [0.15, 0.2) is 24.3 Å². The molecule has 1 aromatic carbocycles. The summed E-state index contributed by atoms with van der Waals surface area (Å²) in [5.41, 5.74) is 0. The number of hydrogen-bond acceptors (Lipinski definition) is 3.